The van der Waals surface area contributed by atoms with Gasteiger partial charge in [-0.3, -0.25) is 19.3 Å². The van der Waals surface area contributed by atoms with Gasteiger partial charge in [0.1, 0.15) is 12.6 Å². The third kappa shape index (κ3) is 8.95. The molecule has 0 spiro atoms. The molecule has 3 amide bonds. The Kier molecular flexibility index (Phi) is 11.0. The number of benzene rings is 1. The van der Waals surface area contributed by atoms with Crippen LogP contribution >= 0.6 is 22.9 Å². The standard InChI is InChI=1S/C28H37ClF2N4O4S/c1-17(2)14-34(16-28(3,4)5)21(13-32-27(38)22-8-9-23(29)40-22)26(37)33-18-6-7-20(19(12-18)25(30)31)35-10-11-39-15-24(35)36/h6-9,12,17,21,25H,10-11,13-16H2,1-5H3,(H,32,38)(H,33,37)/t21-/m0/s1. The monoisotopic (exact) mass is 598 g/mol. The van der Waals surface area contributed by atoms with Gasteiger partial charge in [-0.2, -0.15) is 0 Å². The van der Waals surface area contributed by atoms with Gasteiger partial charge in [-0.25, -0.2) is 8.78 Å². The van der Waals surface area contributed by atoms with Gasteiger partial charge in [0.2, 0.25) is 5.91 Å². The van der Waals surface area contributed by atoms with E-state index in [1.165, 1.54) is 23.1 Å². The van der Waals surface area contributed by atoms with Crippen LogP contribution in [0, 0.1) is 11.3 Å². The lowest BCUT2D eigenvalue weighted by atomic mass is 9.94. The number of hydrogen-bond acceptors (Lipinski definition) is 6. The molecule has 1 aliphatic rings. The molecule has 0 radical (unpaired) electrons. The molecule has 0 aliphatic carbocycles. The summed E-state index contributed by atoms with van der Waals surface area (Å²) in [5.74, 6) is -0.973. The minimum atomic E-state index is -2.87. The fourth-order valence-corrected chi connectivity index (χ4v) is 5.49. The lowest BCUT2D eigenvalue weighted by molar-refractivity contribution is -0.125. The highest BCUT2D eigenvalue weighted by molar-refractivity contribution is 7.18. The lowest BCUT2D eigenvalue weighted by Gasteiger charge is -2.36. The van der Waals surface area contributed by atoms with E-state index < -0.39 is 24.3 Å². The maximum absolute atomic E-state index is 14.1. The first-order valence-corrected chi connectivity index (χ1v) is 14.3. The van der Waals surface area contributed by atoms with Gasteiger partial charge in [0.15, 0.2) is 0 Å². The van der Waals surface area contributed by atoms with Crippen LogP contribution in [0.4, 0.5) is 20.2 Å². The van der Waals surface area contributed by atoms with E-state index in [-0.39, 0.29) is 60.5 Å². The lowest BCUT2D eigenvalue weighted by Crippen LogP contribution is -2.53. The van der Waals surface area contributed by atoms with Gasteiger partial charge in [-0.1, -0.05) is 46.2 Å². The highest BCUT2D eigenvalue weighted by atomic mass is 35.5. The molecule has 2 N–H and O–H groups in total. The summed E-state index contributed by atoms with van der Waals surface area (Å²) in [6.45, 7) is 11.6. The fraction of sp³-hybridized carbons (Fsp3) is 0.536. The Labute approximate surface area is 243 Å². The van der Waals surface area contributed by atoms with Crippen molar-refractivity contribution >= 4 is 52.0 Å². The summed E-state index contributed by atoms with van der Waals surface area (Å²) < 4.78 is 33.7. The zero-order chi connectivity index (χ0) is 29.6. The second-order valence-corrected chi connectivity index (χ2v) is 13.1. The van der Waals surface area contributed by atoms with Crippen molar-refractivity contribution in [3.8, 4) is 0 Å². The van der Waals surface area contributed by atoms with Gasteiger partial charge < -0.3 is 20.3 Å². The van der Waals surface area contributed by atoms with Gasteiger partial charge in [0.25, 0.3) is 18.2 Å². The zero-order valence-electron chi connectivity index (χ0n) is 23.4. The van der Waals surface area contributed by atoms with Crippen LogP contribution in [0.25, 0.3) is 0 Å². The summed E-state index contributed by atoms with van der Waals surface area (Å²) >= 11 is 7.11. The summed E-state index contributed by atoms with van der Waals surface area (Å²) in [6.07, 6.45) is -2.87. The number of morpholine rings is 1. The summed E-state index contributed by atoms with van der Waals surface area (Å²) in [5.41, 5.74) is -0.255. The number of hydrogen-bond donors (Lipinski definition) is 2. The van der Waals surface area contributed by atoms with Crippen molar-refractivity contribution in [3.63, 3.8) is 0 Å². The Morgan fingerprint density at radius 2 is 1.93 bits per heavy atom. The summed E-state index contributed by atoms with van der Waals surface area (Å²) in [4.78, 5) is 42.5. The number of carbonyl (C=O) groups is 3. The van der Waals surface area contributed by atoms with E-state index >= 15 is 0 Å². The highest BCUT2D eigenvalue weighted by Gasteiger charge is 2.31. The van der Waals surface area contributed by atoms with Crippen LogP contribution in [0.5, 0.6) is 0 Å². The number of halogens is 3. The molecule has 2 aromatic rings. The Morgan fingerprint density at radius 3 is 2.50 bits per heavy atom. The SMILES string of the molecule is CC(C)CN(CC(C)(C)C)[C@@H](CNC(=O)c1ccc(Cl)s1)C(=O)Nc1ccc(N2CCOCC2=O)c(C(F)F)c1. The molecular weight excluding hydrogens is 562 g/mol. The molecule has 1 aromatic heterocycles. The molecule has 40 heavy (non-hydrogen) atoms. The van der Waals surface area contributed by atoms with Crippen LogP contribution in [-0.4, -0.2) is 68.1 Å². The first kappa shape index (κ1) is 31.9. The molecule has 1 fully saturated rings. The number of carbonyl (C=O) groups excluding carboxylic acids is 3. The van der Waals surface area contributed by atoms with E-state index in [0.29, 0.717) is 22.3 Å². The van der Waals surface area contributed by atoms with Crippen LogP contribution in [0.1, 0.15) is 56.3 Å². The largest absolute Gasteiger partial charge is 0.370 e. The Balaban J connectivity index is 1.88. The smallest absolute Gasteiger partial charge is 0.265 e. The predicted molar refractivity (Wildman–Crippen MR) is 155 cm³/mol. The predicted octanol–water partition coefficient (Wildman–Crippen LogP) is 5.44. The van der Waals surface area contributed by atoms with Gasteiger partial charge in [-0.05, 0) is 41.7 Å². The molecule has 3 rings (SSSR count). The van der Waals surface area contributed by atoms with Crippen molar-refractivity contribution < 1.29 is 27.9 Å². The number of nitrogens with one attached hydrogen (secondary N) is 2. The van der Waals surface area contributed by atoms with Crippen molar-refractivity contribution in [2.75, 3.05) is 49.6 Å². The Morgan fingerprint density at radius 1 is 1.20 bits per heavy atom. The number of nitrogens with zero attached hydrogens (tertiary/aromatic N) is 2. The number of rotatable bonds is 11. The molecule has 220 valence electrons. The van der Waals surface area contributed by atoms with E-state index in [9.17, 15) is 23.2 Å². The van der Waals surface area contributed by atoms with Crippen molar-refractivity contribution in [2.24, 2.45) is 11.3 Å². The molecule has 2 heterocycles. The maximum atomic E-state index is 14.1. The summed E-state index contributed by atoms with van der Waals surface area (Å²) in [7, 11) is 0. The Bertz CT molecular complexity index is 1200. The average molecular weight is 599 g/mol. The van der Waals surface area contributed by atoms with Gasteiger partial charge in [-0.15, -0.1) is 11.3 Å². The second-order valence-electron chi connectivity index (χ2n) is 11.4. The minimum absolute atomic E-state index is 0.00501. The number of alkyl halides is 2. The number of anilines is 2. The molecule has 1 atom stereocenters. The van der Waals surface area contributed by atoms with Crippen molar-refractivity contribution in [1.29, 1.82) is 0 Å². The van der Waals surface area contributed by atoms with Gasteiger partial charge >= 0.3 is 0 Å². The molecular formula is C28H37ClF2N4O4S. The fourth-order valence-electron chi connectivity index (χ4n) is 4.53. The molecule has 0 bridgehead atoms. The molecule has 0 unspecified atom stereocenters. The average Bonchev–Trinajstić information content (AvgIpc) is 3.29. The zero-order valence-corrected chi connectivity index (χ0v) is 25.0. The van der Waals surface area contributed by atoms with Crippen molar-refractivity contribution in [3.05, 3.63) is 45.1 Å². The molecule has 1 saturated heterocycles. The van der Waals surface area contributed by atoms with E-state index in [1.54, 1.807) is 12.1 Å². The third-order valence-corrected chi connectivity index (χ3v) is 7.31. The number of thiophene rings is 1. The van der Waals surface area contributed by atoms with Gasteiger partial charge in [0.05, 0.1) is 21.5 Å². The van der Waals surface area contributed by atoms with Crippen LogP contribution in [0.15, 0.2) is 30.3 Å². The van der Waals surface area contributed by atoms with Gasteiger partial charge in [0, 0.05) is 37.4 Å². The maximum Gasteiger partial charge on any atom is 0.265 e. The topological polar surface area (TPSA) is 91.0 Å². The Hall–Kier alpha value is -2.60. The first-order valence-electron chi connectivity index (χ1n) is 13.1. The van der Waals surface area contributed by atoms with Crippen LogP contribution < -0.4 is 15.5 Å². The van der Waals surface area contributed by atoms with E-state index in [2.05, 4.69) is 31.4 Å². The van der Waals surface area contributed by atoms with E-state index in [1.807, 2.05) is 18.7 Å². The second kappa shape index (κ2) is 13.8. The van der Waals surface area contributed by atoms with Crippen molar-refractivity contribution in [2.45, 2.75) is 47.1 Å². The first-order chi connectivity index (χ1) is 18.7. The highest BCUT2D eigenvalue weighted by Crippen LogP contribution is 2.33. The summed E-state index contributed by atoms with van der Waals surface area (Å²) in [5, 5.41) is 5.61. The summed E-state index contributed by atoms with van der Waals surface area (Å²) in [6, 6.07) is 6.58. The molecule has 0 saturated carbocycles. The number of amides is 3. The molecule has 12 heteroatoms. The van der Waals surface area contributed by atoms with Crippen LogP contribution in [0.2, 0.25) is 4.34 Å². The van der Waals surface area contributed by atoms with Crippen LogP contribution in [-0.2, 0) is 14.3 Å². The third-order valence-electron chi connectivity index (χ3n) is 6.08. The number of ether oxygens (including phenoxy) is 1. The molecule has 8 nitrogen and oxygen atoms in total. The van der Waals surface area contributed by atoms with Crippen molar-refractivity contribution in [1.82, 2.24) is 10.2 Å². The molecule has 1 aliphatic heterocycles. The quantitative estimate of drug-likeness (QED) is 0.359. The minimum Gasteiger partial charge on any atom is -0.370 e. The molecule has 1 aromatic carbocycles. The normalized spacial score (nSPS) is 15.2. The van der Waals surface area contributed by atoms with Crippen LogP contribution in [0.3, 0.4) is 0 Å². The van der Waals surface area contributed by atoms with E-state index in [4.69, 9.17) is 16.3 Å². The van der Waals surface area contributed by atoms with E-state index in [0.717, 1.165) is 11.3 Å².